The van der Waals surface area contributed by atoms with Crippen molar-refractivity contribution in [3.05, 3.63) is 30.0 Å². The summed E-state index contributed by atoms with van der Waals surface area (Å²) in [7, 11) is 0. The molecule has 3 heterocycles. The van der Waals surface area contributed by atoms with Gasteiger partial charge in [0.05, 0.1) is 11.7 Å². The standard InChI is InChI=1S/C17H20N4O2/c22-16-4-3-15(17(23)20-16)21-14-2-1-12(9-13(14)10-19-21)11-5-7-18-8-6-11/h1-2,9-11,15,18H,3-8H2,(H,20,22,23). The lowest BCUT2D eigenvalue weighted by Crippen LogP contribution is -2.42. The number of benzene rings is 1. The molecule has 0 spiro atoms. The van der Waals surface area contributed by atoms with Crippen LogP contribution in [-0.2, 0) is 9.59 Å². The predicted molar refractivity (Wildman–Crippen MR) is 86.0 cm³/mol. The third-order valence-electron chi connectivity index (χ3n) is 4.94. The van der Waals surface area contributed by atoms with Gasteiger partial charge in [0.15, 0.2) is 0 Å². The van der Waals surface area contributed by atoms with Gasteiger partial charge in [0, 0.05) is 11.8 Å². The molecule has 1 aromatic carbocycles. The predicted octanol–water partition coefficient (Wildman–Crippen LogP) is 1.48. The molecule has 6 heteroatoms. The second kappa shape index (κ2) is 5.77. The van der Waals surface area contributed by atoms with E-state index in [0.29, 0.717) is 18.8 Å². The lowest BCUT2D eigenvalue weighted by atomic mass is 9.90. The average Bonchev–Trinajstić information content (AvgIpc) is 2.99. The van der Waals surface area contributed by atoms with Crippen molar-refractivity contribution in [1.29, 1.82) is 0 Å². The van der Waals surface area contributed by atoms with E-state index >= 15 is 0 Å². The molecular formula is C17H20N4O2. The van der Waals surface area contributed by atoms with Gasteiger partial charge < -0.3 is 5.32 Å². The molecular weight excluding hydrogens is 292 g/mol. The molecule has 4 rings (SSSR count). The third kappa shape index (κ3) is 2.63. The minimum atomic E-state index is -0.394. The van der Waals surface area contributed by atoms with Gasteiger partial charge in [-0.3, -0.25) is 19.6 Å². The van der Waals surface area contributed by atoms with Crippen LogP contribution in [0.3, 0.4) is 0 Å². The van der Waals surface area contributed by atoms with Gasteiger partial charge in [-0.2, -0.15) is 5.10 Å². The van der Waals surface area contributed by atoms with Crippen molar-refractivity contribution in [3.63, 3.8) is 0 Å². The molecule has 0 saturated carbocycles. The third-order valence-corrected chi connectivity index (χ3v) is 4.94. The van der Waals surface area contributed by atoms with Gasteiger partial charge in [0.25, 0.3) is 5.91 Å². The fraction of sp³-hybridized carbons (Fsp3) is 0.471. The summed E-state index contributed by atoms with van der Waals surface area (Å²) >= 11 is 0. The van der Waals surface area contributed by atoms with Crippen LogP contribution in [0.25, 0.3) is 10.9 Å². The summed E-state index contributed by atoms with van der Waals surface area (Å²) in [5.74, 6) is 0.143. The van der Waals surface area contributed by atoms with Crippen molar-refractivity contribution >= 4 is 22.7 Å². The first-order valence-corrected chi connectivity index (χ1v) is 8.24. The monoisotopic (exact) mass is 312 g/mol. The van der Waals surface area contributed by atoms with E-state index in [9.17, 15) is 9.59 Å². The number of nitrogens with zero attached hydrogens (tertiary/aromatic N) is 2. The van der Waals surface area contributed by atoms with E-state index in [2.05, 4.69) is 33.9 Å². The van der Waals surface area contributed by atoms with Crippen LogP contribution >= 0.6 is 0 Å². The highest BCUT2D eigenvalue weighted by atomic mass is 16.2. The van der Waals surface area contributed by atoms with E-state index < -0.39 is 6.04 Å². The van der Waals surface area contributed by atoms with Gasteiger partial charge in [0.1, 0.15) is 6.04 Å². The number of amides is 2. The SMILES string of the molecule is O=C1CCC(n2ncc3cc(C4CCNCC4)ccc32)C(=O)N1. The molecule has 1 unspecified atom stereocenters. The lowest BCUT2D eigenvalue weighted by Gasteiger charge is -2.23. The van der Waals surface area contributed by atoms with Crippen LogP contribution in [0.1, 0.15) is 43.2 Å². The molecule has 23 heavy (non-hydrogen) atoms. The number of aromatic nitrogens is 2. The molecule has 1 aromatic heterocycles. The minimum absolute atomic E-state index is 0.198. The van der Waals surface area contributed by atoms with E-state index in [1.807, 2.05) is 6.20 Å². The first kappa shape index (κ1) is 14.4. The Hall–Kier alpha value is -2.21. The summed E-state index contributed by atoms with van der Waals surface area (Å²) < 4.78 is 1.75. The fourth-order valence-corrected chi connectivity index (χ4v) is 3.64. The maximum atomic E-state index is 12.1. The van der Waals surface area contributed by atoms with Gasteiger partial charge in [-0.1, -0.05) is 6.07 Å². The molecule has 6 nitrogen and oxygen atoms in total. The van der Waals surface area contributed by atoms with Crippen LogP contribution in [0.4, 0.5) is 0 Å². The number of imide groups is 1. The number of nitrogens with one attached hydrogen (secondary N) is 2. The summed E-state index contributed by atoms with van der Waals surface area (Å²) in [5.41, 5.74) is 2.30. The van der Waals surface area contributed by atoms with Crippen LogP contribution in [0.2, 0.25) is 0 Å². The van der Waals surface area contributed by atoms with Crippen molar-refractivity contribution < 1.29 is 9.59 Å². The van der Waals surface area contributed by atoms with Crippen LogP contribution in [0.15, 0.2) is 24.4 Å². The first-order chi connectivity index (χ1) is 11.2. The Morgan fingerprint density at radius 3 is 2.74 bits per heavy atom. The average molecular weight is 312 g/mol. The van der Waals surface area contributed by atoms with Crippen LogP contribution in [0, 0.1) is 0 Å². The number of carbonyl (C=O) groups is 2. The number of fused-ring (bicyclic) bond motifs is 1. The van der Waals surface area contributed by atoms with Gasteiger partial charge >= 0.3 is 0 Å². The molecule has 120 valence electrons. The Kier molecular flexibility index (Phi) is 3.61. The first-order valence-electron chi connectivity index (χ1n) is 8.24. The largest absolute Gasteiger partial charge is 0.317 e. The molecule has 2 aliphatic heterocycles. The van der Waals surface area contributed by atoms with Crippen LogP contribution < -0.4 is 10.6 Å². The fourth-order valence-electron chi connectivity index (χ4n) is 3.64. The molecule has 2 N–H and O–H groups in total. The number of rotatable bonds is 2. The van der Waals surface area contributed by atoms with E-state index in [-0.39, 0.29) is 11.8 Å². The second-order valence-electron chi connectivity index (χ2n) is 6.40. The van der Waals surface area contributed by atoms with Gasteiger partial charge in [-0.05, 0) is 56.0 Å². The quantitative estimate of drug-likeness (QED) is 0.824. The van der Waals surface area contributed by atoms with Crippen molar-refractivity contribution in [2.45, 2.75) is 37.6 Å². The van der Waals surface area contributed by atoms with Crippen LogP contribution in [0.5, 0.6) is 0 Å². The lowest BCUT2D eigenvalue weighted by molar-refractivity contribution is -0.135. The highest BCUT2D eigenvalue weighted by Crippen LogP contribution is 2.30. The zero-order chi connectivity index (χ0) is 15.8. The number of piperidine rings is 2. The summed E-state index contributed by atoms with van der Waals surface area (Å²) in [4.78, 5) is 23.4. The van der Waals surface area contributed by atoms with Crippen molar-refractivity contribution in [2.24, 2.45) is 0 Å². The zero-order valence-corrected chi connectivity index (χ0v) is 12.9. The van der Waals surface area contributed by atoms with E-state index in [4.69, 9.17) is 0 Å². The minimum Gasteiger partial charge on any atom is -0.317 e. The van der Waals surface area contributed by atoms with Gasteiger partial charge in [-0.25, -0.2) is 0 Å². The molecule has 0 aliphatic carbocycles. The molecule has 2 aromatic rings. The molecule has 1 atom stereocenters. The Balaban J connectivity index is 1.65. The smallest absolute Gasteiger partial charge is 0.251 e. The highest BCUT2D eigenvalue weighted by Gasteiger charge is 2.29. The maximum Gasteiger partial charge on any atom is 0.251 e. The molecule has 0 radical (unpaired) electrons. The summed E-state index contributed by atoms with van der Waals surface area (Å²) in [5, 5.41) is 11.3. The Morgan fingerprint density at radius 2 is 1.96 bits per heavy atom. The zero-order valence-electron chi connectivity index (χ0n) is 12.9. The van der Waals surface area contributed by atoms with Crippen molar-refractivity contribution in [1.82, 2.24) is 20.4 Å². The molecule has 2 saturated heterocycles. The molecule has 2 aliphatic rings. The normalized spacial score (nSPS) is 23.2. The van der Waals surface area contributed by atoms with E-state index in [1.165, 1.54) is 5.56 Å². The maximum absolute atomic E-state index is 12.1. The van der Waals surface area contributed by atoms with E-state index in [1.54, 1.807) is 4.68 Å². The number of carbonyl (C=O) groups excluding carboxylic acids is 2. The summed E-state index contributed by atoms with van der Waals surface area (Å²) in [6.45, 7) is 2.14. The number of hydrogen-bond acceptors (Lipinski definition) is 4. The van der Waals surface area contributed by atoms with Crippen molar-refractivity contribution in [3.8, 4) is 0 Å². The van der Waals surface area contributed by atoms with Crippen molar-refractivity contribution in [2.75, 3.05) is 13.1 Å². The second-order valence-corrected chi connectivity index (χ2v) is 6.40. The highest BCUT2D eigenvalue weighted by molar-refractivity contribution is 6.00. The Labute approximate surface area is 134 Å². The Morgan fingerprint density at radius 1 is 1.13 bits per heavy atom. The van der Waals surface area contributed by atoms with Crippen LogP contribution in [-0.4, -0.2) is 34.7 Å². The topological polar surface area (TPSA) is 76.0 Å². The van der Waals surface area contributed by atoms with Gasteiger partial charge in [0.2, 0.25) is 5.91 Å². The summed E-state index contributed by atoms with van der Waals surface area (Å²) in [6.07, 6.45) is 5.02. The summed E-state index contributed by atoms with van der Waals surface area (Å²) in [6, 6.07) is 6.02. The Bertz CT molecular complexity index is 761. The molecule has 2 fully saturated rings. The van der Waals surface area contributed by atoms with Gasteiger partial charge in [-0.15, -0.1) is 0 Å². The molecule has 2 amide bonds. The number of hydrogen-bond donors (Lipinski definition) is 2. The van der Waals surface area contributed by atoms with E-state index in [0.717, 1.165) is 36.8 Å². The molecule has 0 bridgehead atoms.